The van der Waals surface area contributed by atoms with E-state index in [0.717, 1.165) is 46.4 Å². The van der Waals surface area contributed by atoms with Crippen LogP contribution in [0.2, 0.25) is 0 Å². The topological polar surface area (TPSA) is 35.5 Å². The summed E-state index contributed by atoms with van der Waals surface area (Å²) in [6, 6.07) is 20.7. The van der Waals surface area contributed by atoms with Crippen molar-refractivity contribution < 1.29 is 18.7 Å². The molecule has 0 amide bonds. The molecule has 0 N–H and O–H groups in total. The lowest BCUT2D eigenvalue weighted by molar-refractivity contribution is -0.139. The van der Waals surface area contributed by atoms with E-state index in [2.05, 4.69) is 13.2 Å². The molecule has 0 saturated carbocycles. The molecule has 0 spiro atoms. The Morgan fingerprint density at radius 2 is 1.52 bits per heavy atom. The van der Waals surface area contributed by atoms with Gasteiger partial charge in [-0.25, -0.2) is 9.18 Å². The van der Waals surface area contributed by atoms with Crippen LogP contribution in [0.1, 0.15) is 25.8 Å². The first kappa shape index (κ1) is 24.0. The molecule has 0 aliphatic heterocycles. The molecule has 3 rings (SSSR count). The number of aryl methyl sites for hydroxylation is 1. The molecule has 0 aliphatic rings. The van der Waals surface area contributed by atoms with Gasteiger partial charge in [-0.1, -0.05) is 61.7 Å². The number of hydrogen-bond acceptors (Lipinski definition) is 3. The third-order valence-electron chi connectivity index (χ3n) is 5.10. The molecule has 0 unspecified atom stereocenters. The Kier molecular flexibility index (Phi) is 8.20. The molecule has 0 heterocycles. The summed E-state index contributed by atoms with van der Waals surface area (Å²) >= 11 is 0. The van der Waals surface area contributed by atoms with Crippen molar-refractivity contribution in [2.24, 2.45) is 0 Å². The molecule has 4 heteroatoms. The van der Waals surface area contributed by atoms with E-state index >= 15 is 0 Å². The highest BCUT2D eigenvalue weighted by atomic mass is 19.1. The smallest absolute Gasteiger partial charge is 0.333 e. The van der Waals surface area contributed by atoms with Gasteiger partial charge in [0.25, 0.3) is 0 Å². The summed E-state index contributed by atoms with van der Waals surface area (Å²) in [5.74, 6) is 0.0993. The van der Waals surface area contributed by atoms with Crippen LogP contribution in [0.15, 0.2) is 91.0 Å². The SMILES string of the molecule is C=C(C)COc1ccc(-c2ccc(-c3ccc(CCCOC(=O)C(=C)C)cc3)cc2F)cc1. The van der Waals surface area contributed by atoms with Crippen molar-refractivity contribution in [1.29, 1.82) is 0 Å². The van der Waals surface area contributed by atoms with E-state index in [4.69, 9.17) is 9.47 Å². The molecular weight excluding hydrogens is 415 g/mol. The van der Waals surface area contributed by atoms with Gasteiger partial charge in [-0.15, -0.1) is 0 Å². The number of halogens is 1. The van der Waals surface area contributed by atoms with Crippen molar-refractivity contribution in [2.75, 3.05) is 13.2 Å². The molecule has 0 radical (unpaired) electrons. The molecule has 170 valence electrons. The Balaban J connectivity index is 1.61. The van der Waals surface area contributed by atoms with Crippen LogP contribution in [0.25, 0.3) is 22.3 Å². The fraction of sp³-hybridized carbons (Fsp3) is 0.207. The first-order chi connectivity index (χ1) is 15.8. The van der Waals surface area contributed by atoms with Crippen LogP contribution in [0.5, 0.6) is 5.75 Å². The van der Waals surface area contributed by atoms with Gasteiger partial charge in [-0.2, -0.15) is 0 Å². The molecule has 0 aromatic heterocycles. The minimum atomic E-state index is -0.358. The zero-order valence-corrected chi connectivity index (χ0v) is 19.2. The molecule has 0 bridgehead atoms. The van der Waals surface area contributed by atoms with E-state index in [9.17, 15) is 9.18 Å². The fourth-order valence-corrected chi connectivity index (χ4v) is 3.29. The number of hydrogen-bond donors (Lipinski definition) is 0. The third-order valence-corrected chi connectivity index (χ3v) is 5.10. The number of benzene rings is 3. The summed E-state index contributed by atoms with van der Waals surface area (Å²) in [6.07, 6.45) is 1.53. The standard InChI is InChI=1S/C29H29FO3/c1-20(2)19-33-26-14-11-24(12-15-26)27-16-13-25(18-28(27)30)23-9-7-22(8-10-23)6-5-17-32-29(31)21(3)4/h7-16,18H,1,3,5-6,17,19H2,2,4H3. The van der Waals surface area contributed by atoms with Gasteiger partial charge in [-0.05, 0) is 72.7 Å². The van der Waals surface area contributed by atoms with E-state index in [-0.39, 0.29) is 11.8 Å². The maximum absolute atomic E-state index is 14.9. The first-order valence-electron chi connectivity index (χ1n) is 10.9. The quantitative estimate of drug-likeness (QED) is 0.144. The highest BCUT2D eigenvalue weighted by molar-refractivity contribution is 5.86. The van der Waals surface area contributed by atoms with Crippen molar-refractivity contribution in [1.82, 2.24) is 0 Å². The Morgan fingerprint density at radius 1 is 0.879 bits per heavy atom. The summed E-state index contributed by atoms with van der Waals surface area (Å²) in [7, 11) is 0. The Bertz CT molecular complexity index is 1130. The number of carbonyl (C=O) groups excluding carboxylic acids is 1. The Morgan fingerprint density at radius 3 is 2.12 bits per heavy atom. The molecule has 0 saturated heterocycles. The molecule has 0 aliphatic carbocycles. The van der Waals surface area contributed by atoms with Gasteiger partial charge >= 0.3 is 5.97 Å². The lowest BCUT2D eigenvalue weighted by Gasteiger charge is -2.10. The predicted octanol–water partition coefficient (Wildman–Crippen LogP) is 7.17. The van der Waals surface area contributed by atoms with Gasteiger partial charge in [0.1, 0.15) is 18.2 Å². The molecular formula is C29H29FO3. The normalized spacial score (nSPS) is 10.5. The lowest BCUT2D eigenvalue weighted by Crippen LogP contribution is -2.06. The van der Waals surface area contributed by atoms with E-state index in [0.29, 0.717) is 24.4 Å². The summed E-state index contributed by atoms with van der Waals surface area (Å²) in [5.41, 5.74) is 5.59. The van der Waals surface area contributed by atoms with Crippen LogP contribution >= 0.6 is 0 Å². The minimum absolute atomic E-state index is 0.272. The molecule has 3 nitrogen and oxygen atoms in total. The number of esters is 1. The minimum Gasteiger partial charge on any atom is -0.489 e. The second-order valence-electron chi connectivity index (χ2n) is 8.18. The van der Waals surface area contributed by atoms with Crippen molar-refractivity contribution in [3.8, 4) is 28.0 Å². The van der Waals surface area contributed by atoms with Crippen LogP contribution in [0.4, 0.5) is 4.39 Å². The maximum Gasteiger partial charge on any atom is 0.333 e. The third kappa shape index (κ3) is 6.91. The highest BCUT2D eigenvalue weighted by Crippen LogP contribution is 2.29. The van der Waals surface area contributed by atoms with Crippen molar-refractivity contribution in [3.05, 3.63) is 102 Å². The number of rotatable bonds is 10. The number of ether oxygens (including phenoxy) is 2. The summed E-state index contributed by atoms with van der Waals surface area (Å²) in [6.45, 7) is 11.7. The Labute approximate surface area is 195 Å². The van der Waals surface area contributed by atoms with Crippen LogP contribution in [0, 0.1) is 5.82 Å². The number of carbonyl (C=O) groups is 1. The Hall–Kier alpha value is -3.66. The first-order valence-corrected chi connectivity index (χ1v) is 10.9. The molecule has 0 atom stereocenters. The summed E-state index contributed by atoms with van der Waals surface area (Å²) in [5, 5.41) is 0. The van der Waals surface area contributed by atoms with Crippen molar-refractivity contribution >= 4 is 5.97 Å². The van der Waals surface area contributed by atoms with Gasteiger partial charge in [0.2, 0.25) is 0 Å². The van der Waals surface area contributed by atoms with Gasteiger partial charge in [0, 0.05) is 11.1 Å². The van der Waals surface area contributed by atoms with Crippen molar-refractivity contribution in [3.63, 3.8) is 0 Å². The van der Waals surface area contributed by atoms with Gasteiger partial charge in [-0.3, -0.25) is 0 Å². The zero-order chi connectivity index (χ0) is 23.8. The second kappa shape index (κ2) is 11.3. The average Bonchev–Trinajstić information content (AvgIpc) is 2.81. The summed E-state index contributed by atoms with van der Waals surface area (Å²) in [4.78, 5) is 11.4. The van der Waals surface area contributed by atoms with Crippen LogP contribution < -0.4 is 4.74 Å². The van der Waals surface area contributed by atoms with Crippen LogP contribution in [0.3, 0.4) is 0 Å². The summed E-state index contributed by atoms with van der Waals surface area (Å²) < 4.78 is 25.6. The molecule has 0 fully saturated rings. The lowest BCUT2D eigenvalue weighted by atomic mass is 9.98. The van der Waals surface area contributed by atoms with Gasteiger partial charge < -0.3 is 9.47 Å². The van der Waals surface area contributed by atoms with Crippen LogP contribution in [-0.2, 0) is 16.0 Å². The molecule has 3 aromatic carbocycles. The van der Waals surface area contributed by atoms with Crippen LogP contribution in [-0.4, -0.2) is 19.2 Å². The van der Waals surface area contributed by atoms with Crippen molar-refractivity contribution in [2.45, 2.75) is 26.7 Å². The molecule has 3 aromatic rings. The molecule has 33 heavy (non-hydrogen) atoms. The van der Waals surface area contributed by atoms with Gasteiger partial charge in [0.15, 0.2) is 0 Å². The maximum atomic E-state index is 14.9. The highest BCUT2D eigenvalue weighted by Gasteiger charge is 2.09. The average molecular weight is 445 g/mol. The second-order valence-corrected chi connectivity index (χ2v) is 8.18. The monoisotopic (exact) mass is 444 g/mol. The van der Waals surface area contributed by atoms with Gasteiger partial charge in [0.05, 0.1) is 6.61 Å². The van der Waals surface area contributed by atoms with E-state index in [1.54, 1.807) is 19.1 Å². The predicted molar refractivity (Wildman–Crippen MR) is 132 cm³/mol. The fourth-order valence-electron chi connectivity index (χ4n) is 3.29. The largest absolute Gasteiger partial charge is 0.489 e. The van der Waals surface area contributed by atoms with E-state index < -0.39 is 0 Å². The van der Waals surface area contributed by atoms with E-state index in [1.807, 2.05) is 61.5 Å². The zero-order valence-electron chi connectivity index (χ0n) is 19.2. The van der Waals surface area contributed by atoms with E-state index in [1.165, 1.54) is 0 Å².